The lowest BCUT2D eigenvalue weighted by atomic mass is 10.0. The maximum absolute atomic E-state index is 13.3. The Kier molecular flexibility index (Phi) is 4.69. The Morgan fingerprint density at radius 3 is 2.27 bits per heavy atom. The molecule has 3 heteroatoms. The lowest BCUT2D eigenvalue weighted by Gasteiger charge is -2.16. The van der Waals surface area contributed by atoms with Crippen molar-refractivity contribution < 1.29 is 8.78 Å². The largest absolute Gasteiger partial charge is 0.314 e. The van der Waals surface area contributed by atoms with Crippen LogP contribution in [0.15, 0.2) is 18.2 Å². The highest BCUT2D eigenvalue weighted by molar-refractivity contribution is 5.20. The van der Waals surface area contributed by atoms with Gasteiger partial charge in [-0.1, -0.05) is 19.9 Å². The summed E-state index contributed by atoms with van der Waals surface area (Å²) in [5.74, 6) is -0.905. The number of nitrogens with one attached hydrogen (secondary N) is 1. The molecule has 0 aliphatic heterocycles. The summed E-state index contributed by atoms with van der Waals surface area (Å²) < 4.78 is 26.6. The summed E-state index contributed by atoms with van der Waals surface area (Å²) in [4.78, 5) is 0. The standard InChI is InChI=1S/C12H17F2N/c1-3-9(15-4-2)8-10-11(13)6-5-7-12(10)14/h5-7,9,15H,3-4,8H2,1-2H3. The van der Waals surface area contributed by atoms with E-state index in [4.69, 9.17) is 0 Å². The topological polar surface area (TPSA) is 12.0 Å². The second-order valence-electron chi connectivity index (χ2n) is 3.57. The third-order valence-electron chi connectivity index (χ3n) is 2.50. The molecular weight excluding hydrogens is 196 g/mol. The molecule has 0 fully saturated rings. The third kappa shape index (κ3) is 3.27. The number of benzene rings is 1. The van der Waals surface area contributed by atoms with Crippen LogP contribution in [0.3, 0.4) is 0 Å². The highest BCUT2D eigenvalue weighted by atomic mass is 19.1. The van der Waals surface area contributed by atoms with E-state index in [9.17, 15) is 8.78 Å². The Labute approximate surface area is 89.5 Å². The summed E-state index contributed by atoms with van der Waals surface area (Å²) in [6.07, 6.45) is 1.27. The molecule has 1 unspecified atom stereocenters. The van der Waals surface area contributed by atoms with E-state index < -0.39 is 11.6 Å². The van der Waals surface area contributed by atoms with Gasteiger partial charge in [-0.05, 0) is 31.5 Å². The number of likely N-dealkylation sites (N-methyl/N-ethyl adjacent to an activating group) is 1. The van der Waals surface area contributed by atoms with Gasteiger partial charge in [-0.15, -0.1) is 0 Å². The van der Waals surface area contributed by atoms with Crippen LogP contribution in [0.1, 0.15) is 25.8 Å². The molecule has 0 saturated heterocycles. The van der Waals surface area contributed by atoms with Crippen LogP contribution in [0.4, 0.5) is 8.78 Å². The quantitative estimate of drug-likeness (QED) is 0.793. The summed E-state index contributed by atoms with van der Waals surface area (Å²) >= 11 is 0. The molecular formula is C12H17F2N. The first-order valence-electron chi connectivity index (χ1n) is 5.35. The van der Waals surface area contributed by atoms with Crippen molar-refractivity contribution in [3.63, 3.8) is 0 Å². The van der Waals surface area contributed by atoms with Crippen LogP contribution >= 0.6 is 0 Å². The average molecular weight is 213 g/mol. The summed E-state index contributed by atoms with van der Waals surface area (Å²) in [7, 11) is 0. The first-order valence-corrected chi connectivity index (χ1v) is 5.35. The molecule has 0 aromatic heterocycles. The van der Waals surface area contributed by atoms with E-state index in [1.807, 2.05) is 13.8 Å². The van der Waals surface area contributed by atoms with E-state index in [0.29, 0.717) is 6.42 Å². The molecule has 0 aliphatic carbocycles. The normalized spacial score (nSPS) is 12.8. The monoisotopic (exact) mass is 213 g/mol. The predicted molar refractivity (Wildman–Crippen MR) is 57.8 cm³/mol. The average Bonchev–Trinajstić information content (AvgIpc) is 2.22. The van der Waals surface area contributed by atoms with E-state index in [0.717, 1.165) is 13.0 Å². The Morgan fingerprint density at radius 1 is 1.20 bits per heavy atom. The van der Waals surface area contributed by atoms with Crippen LogP contribution < -0.4 is 5.32 Å². The van der Waals surface area contributed by atoms with Gasteiger partial charge in [0.1, 0.15) is 11.6 Å². The molecule has 0 amide bonds. The molecule has 0 heterocycles. The summed E-state index contributed by atoms with van der Waals surface area (Å²) in [5, 5.41) is 3.20. The zero-order valence-corrected chi connectivity index (χ0v) is 9.19. The Hall–Kier alpha value is -0.960. The second-order valence-corrected chi connectivity index (χ2v) is 3.57. The highest BCUT2D eigenvalue weighted by Gasteiger charge is 2.13. The lowest BCUT2D eigenvalue weighted by Crippen LogP contribution is -2.30. The molecule has 0 spiro atoms. The van der Waals surface area contributed by atoms with Crippen LogP contribution in [0.25, 0.3) is 0 Å². The van der Waals surface area contributed by atoms with E-state index in [-0.39, 0.29) is 11.6 Å². The van der Waals surface area contributed by atoms with E-state index in [1.54, 1.807) is 0 Å². The van der Waals surface area contributed by atoms with Gasteiger partial charge in [-0.25, -0.2) is 8.78 Å². The van der Waals surface area contributed by atoms with Gasteiger partial charge in [0.05, 0.1) is 0 Å². The first-order chi connectivity index (χ1) is 7.19. The molecule has 1 atom stereocenters. The van der Waals surface area contributed by atoms with Crippen molar-refractivity contribution in [1.29, 1.82) is 0 Å². The summed E-state index contributed by atoms with van der Waals surface area (Å²) in [6.45, 7) is 4.81. The van der Waals surface area contributed by atoms with Crippen LogP contribution in [0.5, 0.6) is 0 Å². The molecule has 0 aliphatic rings. The molecule has 1 rings (SSSR count). The Morgan fingerprint density at radius 2 is 1.80 bits per heavy atom. The minimum absolute atomic E-state index is 0.140. The lowest BCUT2D eigenvalue weighted by molar-refractivity contribution is 0.477. The molecule has 1 N–H and O–H groups in total. The van der Waals surface area contributed by atoms with Gasteiger partial charge in [0, 0.05) is 11.6 Å². The summed E-state index contributed by atoms with van der Waals surface area (Å²) in [5.41, 5.74) is 0.185. The molecule has 1 aromatic carbocycles. The van der Waals surface area contributed by atoms with Gasteiger partial charge in [0.2, 0.25) is 0 Å². The first kappa shape index (κ1) is 12.1. The Bertz CT molecular complexity index is 292. The maximum atomic E-state index is 13.3. The van der Waals surface area contributed by atoms with Gasteiger partial charge in [0.25, 0.3) is 0 Å². The number of hydrogen-bond acceptors (Lipinski definition) is 1. The van der Waals surface area contributed by atoms with Crippen molar-refractivity contribution in [2.45, 2.75) is 32.7 Å². The fraction of sp³-hybridized carbons (Fsp3) is 0.500. The zero-order chi connectivity index (χ0) is 11.3. The molecule has 0 radical (unpaired) electrons. The van der Waals surface area contributed by atoms with Crippen LogP contribution in [0, 0.1) is 11.6 Å². The molecule has 0 saturated carbocycles. The van der Waals surface area contributed by atoms with Crippen LogP contribution in [-0.4, -0.2) is 12.6 Å². The maximum Gasteiger partial charge on any atom is 0.129 e. The summed E-state index contributed by atoms with van der Waals surface area (Å²) in [6, 6.07) is 4.14. The number of rotatable bonds is 5. The Balaban J connectivity index is 2.78. The van der Waals surface area contributed by atoms with Gasteiger partial charge < -0.3 is 5.32 Å². The number of hydrogen-bond donors (Lipinski definition) is 1. The van der Waals surface area contributed by atoms with E-state index in [2.05, 4.69) is 5.32 Å². The van der Waals surface area contributed by atoms with Crippen molar-refractivity contribution in [2.75, 3.05) is 6.54 Å². The molecule has 84 valence electrons. The highest BCUT2D eigenvalue weighted by Crippen LogP contribution is 2.15. The number of halogens is 2. The van der Waals surface area contributed by atoms with Crippen molar-refractivity contribution in [3.05, 3.63) is 35.4 Å². The van der Waals surface area contributed by atoms with Gasteiger partial charge in [-0.3, -0.25) is 0 Å². The fourth-order valence-electron chi connectivity index (χ4n) is 1.62. The zero-order valence-electron chi connectivity index (χ0n) is 9.19. The SMILES string of the molecule is CCNC(CC)Cc1c(F)cccc1F. The van der Waals surface area contributed by atoms with Crippen molar-refractivity contribution in [3.8, 4) is 0 Å². The minimum atomic E-state index is -0.452. The van der Waals surface area contributed by atoms with E-state index >= 15 is 0 Å². The van der Waals surface area contributed by atoms with Crippen molar-refractivity contribution >= 4 is 0 Å². The predicted octanol–water partition coefficient (Wildman–Crippen LogP) is 2.90. The third-order valence-corrected chi connectivity index (χ3v) is 2.50. The van der Waals surface area contributed by atoms with Crippen LogP contribution in [-0.2, 0) is 6.42 Å². The van der Waals surface area contributed by atoms with Crippen LogP contribution in [0.2, 0.25) is 0 Å². The van der Waals surface area contributed by atoms with E-state index in [1.165, 1.54) is 18.2 Å². The van der Waals surface area contributed by atoms with Gasteiger partial charge in [-0.2, -0.15) is 0 Å². The van der Waals surface area contributed by atoms with Gasteiger partial charge in [0.15, 0.2) is 0 Å². The van der Waals surface area contributed by atoms with Crippen molar-refractivity contribution in [1.82, 2.24) is 5.32 Å². The van der Waals surface area contributed by atoms with Crippen molar-refractivity contribution in [2.24, 2.45) is 0 Å². The molecule has 0 bridgehead atoms. The minimum Gasteiger partial charge on any atom is -0.314 e. The smallest absolute Gasteiger partial charge is 0.129 e. The molecule has 15 heavy (non-hydrogen) atoms. The molecule has 1 nitrogen and oxygen atoms in total. The van der Waals surface area contributed by atoms with Gasteiger partial charge >= 0.3 is 0 Å². The second kappa shape index (κ2) is 5.81. The molecule has 1 aromatic rings. The fourth-order valence-corrected chi connectivity index (χ4v) is 1.62.